The molecular formula is C9H11F3N2O. The third-order valence-corrected chi connectivity index (χ3v) is 2.14. The molecule has 1 aromatic rings. The van der Waals surface area contributed by atoms with E-state index in [1.165, 1.54) is 0 Å². The fourth-order valence-corrected chi connectivity index (χ4v) is 1.50. The largest absolute Gasteiger partial charge is 0.422 e. The molecule has 0 saturated heterocycles. The number of aromatic nitrogens is 2. The molecule has 0 radical (unpaired) electrons. The molecule has 1 N–H and O–H groups in total. The smallest absolute Gasteiger partial charge is 0.267 e. The SMILES string of the molecule is CCc1n[nH]c(=O)c(C(F)(F)F)c1CC. The number of halogens is 3. The molecule has 1 aromatic heterocycles. The van der Waals surface area contributed by atoms with Crippen LogP contribution in [0, 0.1) is 0 Å². The molecule has 0 aliphatic rings. The van der Waals surface area contributed by atoms with E-state index in [1.54, 1.807) is 13.8 Å². The van der Waals surface area contributed by atoms with Gasteiger partial charge >= 0.3 is 6.18 Å². The van der Waals surface area contributed by atoms with E-state index in [0.29, 0.717) is 12.1 Å². The molecule has 0 bridgehead atoms. The number of hydrogen-bond acceptors (Lipinski definition) is 2. The predicted octanol–water partition coefficient (Wildman–Crippen LogP) is 1.91. The number of alkyl halides is 3. The van der Waals surface area contributed by atoms with Gasteiger partial charge in [0.2, 0.25) is 0 Å². The maximum absolute atomic E-state index is 12.6. The zero-order chi connectivity index (χ0) is 11.6. The minimum Gasteiger partial charge on any atom is -0.267 e. The van der Waals surface area contributed by atoms with Gasteiger partial charge in [-0.2, -0.15) is 18.3 Å². The summed E-state index contributed by atoms with van der Waals surface area (Å²) in [6.07, 6.45) is -4.11. The van der Waals surface area contributed by atoms with Gasteiger partial charge in [-0.1, -0.05) is 13.8 Å². The van der Waals surface area contributed by atoms with Crippen molar-refractivity contribution in [2.45, 2.75) is 32.9 Å². The van der Waals surface area contributed by atoms with E-state index in [9.17, 15) is 18.0 Å². The molecule has 0 atom stereocenters. The summed E-state index contributed by atoms with van der Waals surface area (Å²) in [6, 6.07) is 0. The third kappa shape index (κ3) is 2.19. The first-order chi connectivity index (χ1) is 6.91. The lowest BCUT2D eigenvalue weighted by atomic mass is 10.0. The molecule has 1 heterocycles. The minimum atomic E-state index is -4.62. The topological polar surface area (TPSA) is 45.8 Å². The highest BCUT2D eigenvalue weighted by Crippen LogP contribution is 2.30. The van der Waals surface area contributed by atoms with Crippen LogP contribution in [-0.2, 0) is 19.0 Å². The zero-order valence-electron chi connectivity index (χ0n) is 8.40. The first kappa shape index (κ1) is 11.7. The Bertz CT molecular complexity index is 409. The van der Waals surface area contributed by atoms with Gasteiger partial charge in [0.1, 0.15) is 5.56 Å². The average Bonchev–Trinajstić information content (AvgIpc) is 2.15. The van der Waals surface area contributed by atoms with Crippen LogP contribution < -0.4 is 5.56 Å². The van der Waals surface area contributed by atoms with Crippen molar-refractivity contribution >= 4 is 0 Å². The van der Waals surface area contributed by atoms with Crippen molar-refractivity contribution in [1.29, 1.82) is 0 Å². The van der Waals surface area contributed by atoms with E-state index in [-0.39, 0.29) is 12.0 Å². The van der Waals surface area contributed by atoms with Gasteiger partial charge in [0.15, 0.2) is 0 Å². The number of nitrogens with zero attached hydrogens (tertiary/aromatic N) is 1. The minimum absolute atomic E-state index is 0.00579. The fourth-order valence-electron chi connectivity index (χ4n) is 1.50. The molecule has 0 fully saturated rings. The van der Waals surface area contributed by atoms with Crippen LogP contribution in [-0.4, -0.2) is 10.2 Å². The Labute approximate surface area is 84.3 Å². The fraction of sp³-hybridized carbons (Fsp3) is 0.556. The number of H-pyrrole nitrogens is 1. The summed E-state index contributed by atoms with van der Waals surface area (Å²) in [4.78, 5) is 11.1. The summed E-state index contributed by atoms with van der Waals surface area (Å²) in [6.45, 7) is 3.27. The van der Waals surface area contributed by atoms with Crippen LogP contribution in [0.15, 0.2) is 4.79 Å². The molecule has 3 nitrogen and oxygen atoms in total. The zero-order valence-corrected chi connectivity index (χ0v) is 8.40. The van der Waals surface area contributed by atoms with Crippen LogP contribution in [0.4, 0.5) is 13.2 Å². The Morgan fingerprint density at radius 1 is 1.27 bits per heavy atom. The summed E-state index contributed by atoms with van der Waals surface area (Å²) in [7, 11) is 0. The molecule has 0 aromatic carbocycles. The standard InChI is InChI=1S/C9H11F3N2O/c1-3-5-6(4-2)13-14-8(15)7(5)9(10,11)12/h3-4H2,1-2H3,(H,14,15). The third-order valence-electron chi connectivity index (χ3n) is 2.14. The van der Waals surface area contributed by atoms with E-state index in [2.05, 4.69) is 5.10 Å². The Balaban J connectivity index is 3.53. The van der Waals surface area contributed by atoms with Crippen LogP contribution in [0.5, 0.6) is 0 Å². The van der Waals surface area contributed by atoms with E-state index in [0.717, 1.165) is 0 Å². The number of nitrogens with one attached hydrogen (secondary N) is 1. The van der Waals surface area contributed by atoms with Gasteiger partial charge in [-0.25, -0.2) is 5.10 Å². The molecular weight excluding hydrogens is 209 g/mol. The first-order valence-corrected chi connectivity index (χ1v) is 4.59. The number of hydrogen-bond donors (Lipinski definition) is 1. The van der Waals surface area contributed by atoms with Crippen molar-refractivity contribution in [3.63, 3.8) is 0 Å². The summed E-state index contributed by atoms with van der Waals surface area (Å²) in [5, 5.41) is 5.48. The highest BCUT2D eigenvalue weighted by Gasteiger charge is 2.37. The molecule has 0 unspecified atom stereocenters. The first-order valence-electron chi connectivity index (χ1n) is 4.59. The lowest BCUT2D eigenvalue weighted by Crippen LogP contribution is -2.26. The van der Waals surface area contributed by atoms with Gasteiger partial charge in [-0.15, -0.1) is 0 Å². The van der Waals surface area contributed by atoms with Gasteiger partial charge < -0.3 is 0 Å². The van der Waals surface area contributed by atoms with E-state index >= 15 is 0 Å². The highest BCUT2D eigenvalue weighted by molar-refractivity contribution is 5.30. The lowest BCUT2D eigenvalue weighted by molar-refractivity contribution is -0.139. The maximum Gasteiger partial charge on any atom is 0.422 e. The molecule has 0 aliphatic heterocycles. The van der Waals surface area contributed by atoms with Gasteiger partial charge in [0.25, 0.3) is 5.56 Å². The van der Waals surface area contributed by atoms with Crippen LogP contribution in [0.3, 0.4) is 0 Å². The molecule has 84 valence electrons. The van der Waals surface area contributed by atoms with Gasteiger partial charge in [-0.05, 0) is 18.4 Å². The summed E-state index contributed by atoms with van der Waals surface area (Å²) >= 11 is 0. The second kappa shape index (κ2) is 4.04. The van der Waals surface area contributed by atoms with Crippen molar-refractivity contribution in [1.82, 2.24) is 10.2 Å². The lowest BCUT2D eigenvalue weighted by Gasteiger charge is -2.12. The number of aryl methyl sites for hydroxylation is 1. The van der Waals surface area contributed by atoms with Gasteiger partial charge in [0, 0.05) is 0 Å². The maximum atomic E-state index is 12.6. The van der Waals surface area contributed by atoms with Crippen LogP contribution in [0.2, 0.25) is 0 Å². The molecule has 0 saturated carbocycles. The molecule has 0 aliphatic carbocycles. The molecule has 15 heavy (non-hydrogen) atoms. The molecule has 6 heteroatoms. The Morgan fingerprint density at radius 2 is 1.87 bits per heavy atom. The Kier molecular flexibility index (Phi) is 3.16. The number of aromatic amines is 1. The summed E-state index contributed by atoms with van der Waals surface area (Å²) in [5.41, 5.74) is -1.99. The summed E-state index contributed by atoms with van der Waals surface area (Å²) in [5.74, 6) is 0. The average molecular weight is 220 g/mol. The van der Waals surface area contributed by atoms with Crippen molar-refractivity contribution in [2.24, 2.45) is 0 Å². The second-order valence-electron chi connectivity index (χ2n) is 3.06. The molecule has 1 rings (SSSR count). The van der Waals surface area contributed by atoms with E-state index in [4.69, 9.17) is 0 Å². The van der Waals surface area contributed by atoms with Gasteiger partial charge in [0.05, 0.1) is 5.69 Å². The van der Waals surface area contributed by atoms with Crippen molar-refractivity contribution in [2.75, 3.05) is 0 Å². The highest BCUT2D eigenvalue weighted by atomic mass is 19.4. The monoisotopic (exact) mass is 220 g/mol. The van der Waals surface area contributed by atoms with Crippen LogP contribution in [0.25, 0.3) is 0 Å². The van der Waals surface area contributed by atoms with E-state index < -0.39 is 17.3 Å². The normalized spacial score (nSPS) is 11.8. The Hall–Kier alpha value is -1.33. The van der Waals surface area contributed by atoms with Crippen LogP contribution in [0.1, 0.15) is 30.7 Å². The van der Waals surface area contributed by atoms with Crippen LogP contribution >= 0.6 is 0 Å². The predicted molar refractivity (Wildman–Crippen MR) is 48.6 cm³/mol. The summed E-state index contributed by atoms with van der Waals surface area (Å²) < 4.78 is 37.7. The van der Waals surface area contributed by atoms with Crippen molar-refractivity contribution < 1.29 is 13.2 Å². The van der Waals surface area contributed by atoms with E-state index in [1.807, 2.05) is 5.10 Å². The second-order valence-corrected chi connectivity index (χ2v) is 3.06. The molecule has 0 spiro atoms. The van der Waals surface area contributed by atoms with Crippen molar-refractivity contribution in [3.05, 3.63) is 27.2 Å². The number of rotatable bonds is 2. The quantitative estimate of drug-likeness (QED) is 0.827. The Morgan fingerprint density at radius 3 is 2.27 bits per heavy atom. The van der Waals surface area contributed by atoms with Crippen molar-refractivity contribution in [3.8, 4) is 0 Å². The molecule has 0 amide bonds. The van der Waals surface area contributed by atoms with Gasteiger partial charge in [-0.3, -0.25) is 4.79 Å².